The summed E-state index contributed by atoms with van der Waals surface area (Å²) < 4.78 is 10.0. The van der Waals surface area contributed by atoms with Crippen molar-refractivity contribution in [2.24, 2.45) is 0 Å². The van der Waals surface area contributed by atoms with Crippen LogP contribution in [0, 0.1) is 0 Å². The van der Waals surface area contributed by atoms with Gasteiger partial charge in [0.2, 0.25) is 0 Å². The van der Waals surface area contributed by atoms with Gasteiger partial charge in [-0.2, -0.15) is 0 Å². The first-order valence-corrected chi connectivity index (χ1v) is 3.46. The molecule has 8 heavy (non-hydrogen) atoms. The van der Waals surface area contributed by atoms with E-state index in [2.05, 4.69) is 0 Å². The molecule has 0 rings (SSSR count). The van der Waals surface area contributed by atoms with E-state index in [4.69, 9.17) is 7.55 Å². The van der Waals surface area contributed by atoms with E-state index in [1.807, 2.05) is 13.8 Å². The van der Waals surface area contributed by atoms with E-state index in [1.54, 1.807) is 7.11 Å². The monoisotopic (exact) mass is 193 g/mol. The third-order valence-corrected chi connectivity index (χ3v) is 1.33. The quantitative estimate of drug-likeness (QED) is 0.664. The zero-order chi connectivity index (χ0) is 6.62. The Morgan fingerprint density at radius 2 is 2.00 bits per heavy atom. The molecule has 0 aliphatic carbocycles. The topological polar surface area (TPSA) is 18.5 Å². The molecule has 0 aliphatic rings. The standard InChI is InChI=1S/C5H11O2.Zr/c1-5(2,4-6)7-3;/h4H2,1-3H3;/q-1;+1. The van der Waals surface area contributed by atoms with Gasteiger partial charge in [-0.05, 0) is 0 Å². The summed E-state index contributed by atoms with van der Waals surface area (Å²) in [5, 5.41) is 0. The van der Waals surface area contributed by atoms with E-state index in [0.717, 1.165) is 25.2 Å². The van der Waals surface area contributed by atoms with Gasteiger partial charge in [-0.15, -0.1) is 0 Å². The van der Waals surface area contributed by atoms with E-state index >= 15 is 0 Å². The molecule has 2 nitrogen and oxygen atoms in total. The molecule has 0 bridgehead atoms. The Morgan fingerprint density at radius 3 is 2.12 bits per heavy atom. The Kier molecular flexibility index (Phi) is 4.14. The molecule has 47 valence electrons. The summed E-state index contributed by atoms with van der Waals surface area (Å²) in [6.45, 7) is 4.68. The van der Waals surface area contributed by atoms with Crippen LogP contribution in [0.4, 0.5) is 0 Å². The summed E-state index contributed by atoms with van der Waals surface area (Å²) in [7, 11) is 1.69. The van der Waals surface area contributed by atoms with Crippen molar-refractivity contribution in [2.75, 3.05) is 13.7 Å². The van der Waals surface area contributed by atoms with E-state index < -0.39 is 0 Å². The molecule has 0 amide bonds. The summed E-state index contributed by atoms with van der Waals surface area (Å²) >= 11 is 1.10. The third kappa shape index (κ3) is 3.76. The summed E-state index contributed by atoms with van der Waals surface area (Å²) in [4.78, 5) is 0. The number of hydrogen-bond acceptors (Lipinski definition) is 2. The molecule has 0 aromatic heterocycles. The molecule has 0 atom stereocenters. The van der Waals surface area contributed by atoms with Gasteiger partial charge < -0.3 is 0 Å². The zero-order valence-electron chi connectivity index (χ0n) is 5.52. The minimum atomic E-state index is -0.108. The van der Waals surface area contributed by atoms with Crippen molar-refractivity contribution < 1.29 is 32.7 Å². The van der Waals surface area contributed by atoms with Crippen molar-refractivity contribution in [3.8, 4) is 0 Å². The van der Waals surface area contributed by atoms with Gasteiger partial charge in [-0.25, -0.2) is 0 Å². The molecule has 3 heteroatoms. The van der Waals surface area contributed by atoms with E-state index in [-0.39, 0.29) is 5.60 Å². The Balaban J connectivity index is 3.37. The zero-order valence-corrected chi connectivity index (χ0v) is 7.98. The Hall–Kier alpha value is 0.803. The molecular formula is C5H11O2Zr. The fourth-order valence-corrected chi connectivity index (χ4v) is 1.09. The van der Waals surface area contributed by atoms with Gasteiger partial charge in [0, 0.05) is 0 Å². The van der Waals surface area contributed by atoms with Crippen LogP contribution in [0.15, 0.2) is 0 Å². The second kappa shape index (κ2) is 3.76. The van der Waals surface area contributed by atoms with Crippen LogP contribution in [0.5, 0.6) is 0 Å². The van der Waals surface area contributed by atoms with Crippen LogP contribution in [0.2, 0.25) is 0 Å². The van der Waals surface area contributed by atoms with E-state index in [1.165, 1.54) is 0 Å². The maximum absolute atomic E-state index is 5.07. The molecule has 0 saturated carbocycles. The fourth-order valence-electron chi connectivity index (χ4n) is 0.233. The maximum atomic E-state index is 5.07. The van der Waals surface area contributed by atoms with Crippen molar-refractivity contribution in [1.29, 1.82) is 0 Å². The first kappa shape index (κ1) is 8.80. The van der Waals surface area contributed by atoms with Crippen LogP contribution in [0.3, 0.4) is 0 Å². The van der Waals surface area contributed by atoms with Crippen LogP contribution < -0.4 is 0 Å². The van der Waals surface area contributed by atoms with E-state index in [0.29, 0.717) is 6.61 Å². The van der Waals surface area contributed by atoms with Crippen LogP contribution in [-0.2, 0) is 32.7 Å². The van der Waals surface area contributed by atoms with Crippen LogP contribution in [0.25, 0.3) is 0 Å². The van der Waals surface area contributed by atoms with Gasteiger partial charge >= 0.3 is 65.9 Å². The average Bonchev–Trinajstić information content (AvgIpc) is 1.67. The molecule has 0 aromatic rings. The van der Waals surface area contributed by atoms with Crippen molar-refractivity contribution in [1.82, 2.24) is 0 Å². The van der Waals surface area contributed by atoms with Gasteiger partial charge in [-0.3, -0.25) is 0 Å². The second-order valence-corrected chi connectivity index (χ2v) is 2.96. The Bertz CT molecular complexity index is 63.4. The van der Waals surface area contributed by atoms with Gasteiger partial charge in [0.1, 0.15) is 0 Å². The van der Waals surface area contributed by atoms with Gasteiger partial charge in [0.25, 0.3) is 0 Å². The van der Waals surface area contributed by atoms with Gasteiger partial charge in [-0.1, -0.05) is 0 Å². The molecule has 0 fully saturated rings. The molecule has 0 aliphatic heterocycles. The predicted octanol–water partition coefficient (Wildman–Crippen LogP) is 0.890. The van der Waals surface area contributed by atoms with Crippen LogP contribution in [0.1, 0.15) is 13.8 Å². The van der Waals surface area contributed by atoms with Crippen LogP contribution >= 0.6 is 0 Å². The second-order valence-electron chi connectivity index (χ2n) is 2.25. The van der Waals surface area contributed by atoms with Crippen molar-refractivity contribution >= 4 is 0 Å². The molecule has 0 heterocycles. The third-order valence-electron chi connectivity index (χ3n) is 0.972. The van der Waals surface area contributed by atoms with Crippen LogP contribution in [-0.4, -0.2) is 19.3 Å². The molecule has 0 saturated heterocycles. The number of ether oxygens (including phenoxy) is 1. The first-order chi connectivity index (χ1) is 3.62. The molecule has 0 aromatic carbocycles. The van der Waals surface area contributed by atoms with Crippen molar-refractivity contribution in [3.63, 3.8) is 0 Å². The number of hydrogen-bond donors (Lipinski definition) is 0. The SMILES string of the molecule is COC(C)(C)C[O][Zr]. The summed E-state index contributed by atoms with van der Waals surface area (Å²) in [5.74, 6) is 0. The Morgan fingerprint density at radius 1 is 1.50 bits per heavy atom. The van der Waals surface area contributed by atoms with E-state index in [9.17, 15) is 0 Å². The molecule has 0 radical (unpaired) electrons. The van der Waals surface area contributed by atoms with Gasteiger partial charge in [0.05, 0.1) is 0 Å². The Labute approximate surface area is 66.0 Å². The first-order valence-electron chi connectivity index (χ1n) is 2.46. The van der Waals surface area contributed by atoms with Gasteiger partial charge in [0.15, 0.2) is 0 Å². The van der Waals surface area contributed by atoms with Crippen molar-refractivity contribution in [3.05, 3.63) is 0 Å². The summed E-state index contributed by atoms with van der Waals surface area (Å²) in [6, 6.07) is 0. The number of methoxy groups -OCH3 is 1. The number of rotatable bonds is 3. The fraction of sp³-hybridized carbons (Fsp3) is 1.00. The molecule has 0 N–H and O–H groups in total. The average molecular weight is 194 g/mol. The molecule has 0 unspecified atom stereocenters. The normalized spacial score (nSPS) is 11.8. The molecular weight excluding hydrogens is 183 g/mol. The summed E-state index contributed by atoms with van der Waals surface area (Å²) in [6.07, 6.45) is 0. The molecule has 0 spiro atoms. The predicted molar refractivity (Wildman–Crippen MR) is 27.0 cm³/mol. The summed E-state index contributed by atoms with van der Waals surface area (Å²) in [5.41, 5.74) is -0.108. The van der Waals surface area contributed by atoms with Crippen molar-refractivity contribution in [2.45, 2.75) is 19.4 Å². The minimum absolute atomic E-state index is 0.108.